The Kier molecular flexibility index (Phi) is 2.85. The second-order valence-corrected chi connectivity index (χ2v) is 6.79. The number of hydrogen-bond acceptors (Lipinski definition) is 3. The summed E-state index contributed by atoms with van der Waals surface area (Å²) in [5.41, 5.74) is 0.648. The van der Waals surface area contributed by atoms with Crippen LogP contribution in [-0.4, -0.2) is 22.9 Å². The van der Waals surface area contributed by atoms with Gasteiger partial charge in [0, 0.05) is 5.92 Å². The smallest absolute Gasteiger partial charge is 0.133 e. The van der Waals surface area contributed by atoms with Crippen LogP contribution in [0.2, 0.25) is 0 Å². The van der Waals surface area contributed by atoms with Gasteiger partial charge >= 0.3 is 0 Å². The molecule has 0 radical (unpaired) electrons. The summed E-state index contributed by atoms with van der Waals surface area (Å²) in [5, 5.41) is 10.5. The molecule has 4 aliphatic rings. The molecule has 6 atom stereocenters. The van der Waals surface area contributed by atoms with Gasteiger partial charge in [-0.2, -0.15) is 0 Å². The fourth-order valence-electron chi connectivity index (χ4n) is 4.19. The maximum atomic E-state index is 10.5. The van der Waals surface area contributed by atoms with Crippen LogP contribution in [0.3, 0.4) is 0 Å². The zero-order valence-corrected chi connectivity index (χ0v) is 11.7. The molecule has 2 aliphatic carbocycles. The van der Waals surface area contributed by atoms with E-state index in [0.717, 1.165) is 6.42 Å². The van der Waals surface area contributed by atoms with Crippen LogP contribution in [0.5, 0.6) is 0 Å². The molecule has 2 heterocycles. The van der Waals surface area contributed by atoms with Gasteiger partial charge in [0.1, 0.15) is 17.8 Å². The summed E-state index contributed by atoms with van der Waals surface area (Å²) in [6, 6.07) is 0. The molecule has 2 fully saturated rings. The van der Waals surface area contributed by atoms with Crippen molar-refractivity contribution in [1.29, 1.82) is 0 Å². The molecular formula is C15H24O3. The van der Waals surface area contributed by atoms with Crippen LogP contribution in [0.1, 0.15) is 40.5 Å². The summed E-state index contributed by atoms with van der Waals surface area (Å²) >= 11 is 0. The first kappa shape index (κ1) is 12.6. The van der Waals surface area contributed by atoms with Gasteiger partial charge in [0.25, 0.3) is 0 Å². The minimum atomic E-state index is -0.567. The molecule has 18 heavy (non-hydrogen) atoms. The van der Waals surface area contributed by atoms with Gasteiger partial charge < -0.3 is 5.11 Å². The Balaban J connectivity index is 2.07. The Morgan fingerprint density at radius 1 is 1.39 bits per heavy atom. The number of aliphatic hydroxyl groups excluding tert-OH is 1. The van der Waals surface area contributed by atoms with E-state index in [1.165, 1.54) is 12.0 Å². The third kappa shape index (κ3) is 1.54. The van der Waals surface area contributed by atoms with Crippen molar-refractivity contribution in [2.75, 3.05) is 0 Å². The highest BCUT2D eigenvalue weighted by Crippen LogP contribution is 2.55. The first-order valence-electron chi connectivity index (χ1n) is 7.19. The Morgan fingerprint density at radius 3 is 2.78 bits per heavy atom. The quantitative estimate of drug-likeness (QED) is 0.576. The van der Waals surface area contributed by atoms with Crippen LogP contribution in [-0.2, 0) is 9.78 Å². The lowest BCUT2D eigenvalue weighted by molar-refractivity contribution is -0.432. The summed E-state index contributed by atoms with van der Waals surface area (Å²) in [5.74, 6) is 1.95. The fraction of sp³-hybridized carbons (Fsp3) is 0.867. The molecule has 2 bridgehead atoms. The molecule has 4 rings (SSSR count). The van der Waals surface area contributed by atoms with Crippen molar-refractivity contribution in [3.8, 4) is 0 Å². The second kappa shape index (κ2) is 4.06. The monoisotopic (exact) mass is 252 g/mol. The lowest BCUT2D eigenvalue weighted by Gasteiger charge is -2.45. The molecule has 3 nitrogen and oxygen atoms in total. The lowest BCUT2D eigenvalue weighted by Crippen LogP contribution is -2.54. The van der Waals surface area contributed by atoms with E-state index < -0.39 is 11.7 Å². The number of hydrogen-bond donors (Lipinski definition) is 1. The molecule has 0 unspecified atom stereocenters. The zero-order chi connectivity index (χ0) is 13.1. The van der Waals surface area contributed by atoms with E-state index in [1.54, 1.807) is 0 Å². The highest BCUT2D eigenvalue weighted by molar-refractivity contribution is 5.24. The van der Waals surface area contributed by atoms with Crippen LogP contribution < -0.4 is 0 Å². The molecule has 0 spiro atoms. The Hall–Kier alpha value is -0.380. The third-order valence-corrected chi connectivity index (χ3v) is 5.40. The van der Waals surface area contributed by atoms with Crippen LogP contribution in [0.25, 0.3) is 0 Å². The van der Waals surface area contributed by atoms with Gasteiger partial charge in [0.2, 0.25) is 0 Å². The average Bonchev–Trinajstić information content (AvgIpc) is 2.61. The van der Waals surface area contributed by atoms with Crippen LogP contribution >= 0.6 is 0 Å². The molecule has 1 N–H and O–H groups in total. The normalized spacial score (nSPS) is 51.2. The molecule has 1 saturated heterocycles. The summed E-state index contributed by atoms with van der Waals surface area (Å²) in [6.45, 7) is 8.64. The van der Waals surface area contributed by atoms with Gasteiger partial charge in [-0.1, -0.05) is 26.8 Å². The van der Waals surface area contributed by atoms with E-state index in [9.17, 15) is 5.11 Å². The van der Waals surface area contributed by atoms with Crippen molar-refractivity contribution in [3.05, 3.63) is 11.6 Å². The van der Waals surface area contributed by atoms with Crippen molar-refractivity contribution >= 4 is 0 Å². The Bertz CT molecular complexity index is 376. The molecule has 1 saturated carbocycles. The van der Waals surface area contributed by atoms with Crippen LogP contribution in [0.4, 0.5) is 0 Å². The van der Waals surface area contributed by atoms with Gasteiger partial charge in [-0.05, 0) is 43.1 Å². The molecule has 0 aromatic rings. The molecule has 2 aliphatic heterocycles. The van der Waals surface area contributed by atoms with E-state index in [-0.39, 0.29) is 6.10 Å². The summed E-state index contributed by atoms with van der Waals surface area (Å²) in [6.07, 6.45) is 3.83. The first-order valence-corrected chi connectivity index (χ1v) is 7.19. The Morgan fingerprint density at radius 2 is 2.11 bits per heavy atom. The van der Waals surface area contributed by atoms with E-state index in [2.05, 4.69) is 20.8 Å². The maximum absolute atomic E-state index is 10.5. The van der Waals surface area contributed by atoms with Crippen molar-refractivity contribution < 1.29 is 14.9 Å². The van der Waals surface area contributed by atoms with Crippen LogP contribution in [0, 0.1) is 23.7 Å². The molecule has 3 heteroatoms. The van der Waals surface area contributed by atoms with E-state index in [4.69, 9.17) is 9.78 Å². The average molecular weight is 252 g/mol. The van der Waals surface area contributed by atoms with E-state index in [0.29, 0.717) is 23.7 Å². The van der Waals surface area contributed by atoms with E-state index >= 15 is 0 Å². The Labute approximate surface area is 109 Å². The highest BCUT2D eigenvalue weighted by atomic mass is 17.2. The van der Waals surface area contributed by atoms with Crippen molar-refractivity contribution in [2.24, 2.45) is 23.7 Å². The number of fused-ring (bicyclic) bond motifs is 2. The minimum absolute atomic E-state index is 0.0396. The summed E-state index contributed by atoms with van der Waals surface area (Å²) in [7, 11) is 0. The topological polar surface area (TPSA) is 38.7 Å². The predicted octanol–water partition coefficient (Wildman–Crippen LogP) is 2.69. The molecule has 0 amide bonds. The maximum Gasteiger partial charge on any atom is 0.133 e. The second-order valence-electron chi connectivity index (χ2n) is 6.79. The SMILES string of the molecule is CC(C)C1=C[C@H](O)[C@]2(C)OO[C@H]1[C@@H]1[C@H](C)CC[C@@H]12. The summed E-state index contributed by atoms with van der Waals surface area (Å²) in [4.78, 5) is 11.3. The largest absolute Gasteiger partial charge is 0.386 e. The summed E-state index contributed by atoms with van der Waals surface area (Å²) < 4.78 is 0. The van der Waals surface area contributed by atoms with Gasteiger partial charge in [0.05, 0.1) is 0 Å². The van der Waals surface area contributed by atoms with Crippen molar-refractivity contribution in [3.63, 3.8) is 0 Å². The zero-order valence-electron chi connectivity index (χ0n) is 11.7. The van der Waals surface area contributed by atoms with Gasteiger partial charge in [-0.15, -0.1) is 0 Å². The number of aliphatic hydroxyl groups is 1. The van der Waals surface area contributed by atoms with Crippen LogP contribution in [0.15, 0.2) is 11.6 Å². The third-order valence-electron chi connectivity index (χ3n) is 5.40. The lowest BCUT2D eigenvalue weighted by atomic mass is 9.74. The van der Waals surface area contributed by atoms with Gasteiger partial charge in [-0.3, -0.25) is 0 Å². The minimum Gasteiger partial charge on any atom is -0.386 e. The van der Waals surface area contributed by atoms with E-state index in [1.807, 2.05) is 13.0 Å². The fourth-order valence-corrected chi connectivity index (χ4v) is 4.19. The molecular weight excluding hydrogens is 228 g/mol. The molecule has 102 valence electrons. The predicted molar refractivity (Wildman–Crippen MR) is 68.7 cm³/mol. The molecule has 0 aromatic carbocycles. The highest BCUT2D eigenvalue weighted by Gasteiger charge is 2.59. The first-order chi connectivity index (χ1) is 8.45. The van der Waals surface area contributed by atoms with Gasteiger partial charge in [0.15, 0.2) is 0 Å². The van der Waals surface area contributed by atoms with Gasteiger partial charge in [-0.25, -0.2) is 9.78 Å². The number of rotatable bonds is 1. The standard InChI is InChI=1S/C15H24O3/c1-8(2)10-7-12(16)15(4)11-6-5-9(3)13(11)14(10)17-18-15/h7-9,11-14,16H,5-6H2,1-4H3/t9-,11+,12+,13-,14-,15-/m1/s1. The molecule has 0 aromatic heterocycles. The van der Waals surface area contributed by atoms with Crippen molar-refractivity contribution in [1.82, 2.24) is 0 Å². The van der Waals surface area contributed by atoms with Crippen molar-refractivity contribution in [2.45, 2.75) is 58.3 Å².